The quantitative estimate of drug-likeness (QED) is 0.500. The molecule has 0 atom stereocenters. The Balaban J connectivity index is -0.000000138. The number of piperidine rings is 1. The van der Waals surface area contributed by atoms with Crippen LogP contribution >= 0.6 is 0 Å². The van der Waals surface area contributed by atoms with Gasteiger partial charge in [0.05, 0.1) is 0 Å². The predicted octanol–water partition coefficient (Wildman–Crippen LogP) is 7.75. The van der Waals surface area contributed by atoms with Crippen molar-refractivity contribution in [3.63, 3.8) is 0 Å². The minimum absolute atomic E-state index is 0. The SMILES string of the molecule is C.CC.CC(C)C.CC(C)C.CC(C)C1CCN(C(C)C)CC1. The molecule has 1 aliphatic heterocycles. The highest BCUT2D eigenvalue weighted by atomic mass is 15.1. The first-order valence-corrected chi connectivity index (χ1v) is 9.81. The summed E-state index contributed by atoms with van der Waals surface area (Å²) in [6.45, 7) is 29.0. The molecule has 1 nitrogen and oxygen atoms in total. The first kappa shape index (κ1) is 30.8. The van der Waals surface area contributed by atoms with E-state index in [1.807, 2.05) is 13.8 Å². The summed E-state index contributed by atoms with van der Waals surface area (Å²) in [7, 11) is 0. The highest BCUT2D eigenvalue weighted by molar-refractivity contribution is 4.75. The van der Waals surface area contributed by atoms with Crippen LogP contribution in [-0.2, 0) is 0 Å². The molecule has 0 amide bonds. The summed E-state index contributed by atoms with van der Waals surface area (Å²) in [6.07, 6.45) is 2.83. The van der Waals surface area contributed by atoms with E-state index in [2.05, 4.69) is 74.1 Å². The molecule has 1 aliphatic rings. The van der Waals surface area contributed by atoms with E-state index < -0.39 is 0 Å². The molecule has 0 spiro atoms. The summed E-state index contributed by atoms with van der Waals surface area (Å²) in [5.74, 6) is 3.54. The van der Waals surface area contributed by atoms with E-state index >= 15 is 0 Å². The molecule has 0 unspecified atom stereocenters. The average molecular weight is 332 g/mol. The Morgan fingerprint density at radius 3 is 1.09 bits per heavy atom. The third kappa shape index (κ3) is 27.1. The summed E-state index contributed by atoms with van der Waals surface area (Å²) in [5, 5.41) is 0. The van der Waals surface area contributed by atoms with Crippen LogP contribution in [0.3, 0.4) is 0 Å². The van der Waals surface area contributed by atoms with Gasteiger partial charge < -0.3 is 4.90 Å². The monoisotopic (exact) mass is 331 g/mol. The van der Waals surface area contributed by atoms with Gasteiger partial charge in [-0.3, -0.25) is 0 Å². The van der Waals surface area contributed by atoms with Gasteiger partial charge in [0.2, 0.25) is 0 Å². The first-order valence-electron chi connectivity index (χ1n) is 9.81. The molecule has 0 aromatic rings. The van der Waals surface area contributed by atoms with Crippen molar-refractivity contribution in [1.82, 2.24) is 4.90 Å². The van der Waals surface area contributed by atoms with Crippen LogP contribution in [0, 0.1) is 23.7 Å². The van der Waals surface area contributed by atoms with Crippen LogP contribution in [0.15, 0.2) is 0 Å². The Hall–Kier alpha value is -0.0400. The predicted molar refractivity (Wildman–Crippen MR) is 113 cm³/mol. The van der Waals surface area contributed by atoms with Crippen molar-refractivity contribution >= 4 is 0 Å². The molecule has 0 aliphatic carbocycles. The van der Waals surface area contributed by atoms with E-state index in [9.17, 15) is 0 Å². The van der Waals surface area contributed by atoms with E-state index in [0.29, 0.717) is 0 Å². The van der Waals surface area contributed by atoms with Gasteiger partial charge in [-0.25, -0.2) is 0 Å². The lowest BCUT2D eigenvalue weighted by Gasteiger charge is -2.36. The van der Waals surface area contributed by atoms with Crippen LogP contribution in [0.25, 0.3) is 0 Å². The average Bonchev–Trinajstić information content (AvgIpc) is 2.39. The van der Waals surface area contributed by atoms with Crippen molar-refractivity contribution < 1.29 is 0 Å². The molecule has 0 bridgehead atoms. The molecule has 23 heavy (non-hydrogen) atoms. The lowest BCUT2D eigenvalue weighted by Crippen LogP contribution is -2.39. The standard InChI is InChI=1S/C11H23N.2C4H10.C2H6.CH4/c1-9(2)11-5-7-12(8-6-11)10(3)4;2*1-4(2)3;1-2;/h9-11H,5-8H2,1-4H3;2*4H,1-3H3;1-2H3;1H4. The van der Waals surface area contributed by atoms with Crippen LogP contribution < -0.4 is 0 Å². The number of likely N-dealkylation sites (tertiary alicyclic amines) is 1. The maximum atomic E-state index is 2.60. The van der Waals surface area contributed by atoms with E-state index in [0.717, 1.165) is 29.7 Å². The van der Waals surface area contributed by atoms with Gasteiger partial charge in [-0.2, -0.15) is 0 Å². The zero-order valence-corrected chi connectivity index (χ0v) is 18.2. The van der Waals surface area contributed by atoms with Gasteiger partial charge in [0.15, 0.2) is 0 Å². The largest absolute Gasteiger partial charge is 0.301 e. The maximum Gasteiger partial charge on any atom is 0.00385 e. The molecule has 0 aromatic carbocycles. The lowest BCUT2D eigenvalue weighted by molar-refractivity contribution is 0.129. The van der Waals surface area contributed by atoms with Gasteiger partial charge >= 0.3 is 0 Å². The fourth-order valence-electron chi connectivity index (χ4n) is 2.10. The highest BCUT2D eigenvalue weighted by Crippen LogP contribution is 2.25. The minimum Gasteiger partial charge on any atom is -0.301 e. The minimum atomic E-state index is 0. The van der Waals surface area contributed by atoms with Gasteiger partial charge in [-0.1, -0.05) is 76.7 Å². The number of hydrogen-bond donors (Lipinski definition) is 0. The second kappa shape index (κ2) is 20.0. The summed E-state index contributed by atoms with van der Waals surface area (Å²) in [5.41, 5.74) is 0. The van der Waals surface area contributed by atoms with Gasteiger partial charge in [-0.15, -0.1) is 0 Å². The molecule has 146 valence electrons. The molecule has 1 heteroatoms. The normalized spacial score (nSPS) is 15.1. The molecule has 0 aromatic heterocycles. The van der Waals surface area contributed by atoms with Gasteiger partial charge in [0, 0.05) is 6.04 Å². The molecule has 1 fully saturated rings. The molecule has 1 rings (SSSR count). The fraction of sp³-hybridized carbons (Fsp3) is 1.00. The topological polar surface area (TPSA) is 3.24 Å². The highest BCUT2D eigenvalue weighted by Gasteiger charge is 2.22. The third-order valence-corrected chi connectivity index (χ3v) is 3.25. The number of nitrogens with zero attached hydrogens (tertiary/aromatic N) is 1. The lowest BCUT2D eigenvalue weighted by atomic mass is 9.86. The smallest absolute Gasteiger partial charge is 0.00385 e. The Bertz CT molecular complexity index is 159. The molecule has 1 saturated heterocycles. The number of rotatable bonds is 2. The summed E-state index contributed by atoms with van der Waals surface area (Å²) in [6, 6.07) is 0.748. The summed E-state index contributed by atoms with van der Waals surface area (Å²) < 4.78 is 0. The van der Waals surface area contributed by atoms with Gasteiger partial charge in [0.1, 0.15) is 0 Å². The zero-order valence-electron chi connectivity index (χ0n) is 18.2. The Kier molecular flexibility index (Phi) is 26.8. The molecule has 1 heterocycles. The van der Waals surface area contributed by atoms with E-state index in [-0.39, 0.29) is 7.43 Å². The van der Waals surface area contributed by atoms with Crippen molar-refractivity contribution in [3.05, 3.63) is 0 Å². The summed E-state index contributed by atoms with van der Waals surface area (Å²) >= 11 is 0. The van der Waals surface area contributed by atoms with E-state index in [1.54, 1.807) is 0 Å². The Morgan fingerprint density at radius 1 is 0.652 bits per heavy atom. The second-order valence-electron chi connectivity index (χ2n) is 8.18. The van der Waals surface area contributed by atoms with Gasteiger partial charge in [-0.05, 0) is 63.5 Å². The van der Waals surface area contributed by atoms with Crippen LogP contribution in [-0.4, -0.2) is 24.0 Å². The summed E-state index contributed by atoms with van der Waals surface area (Å²) in [4.78, 5) is 2.60. The van der Waals surface area contributed by atoms with Crippen molar-refractivity contribution in [3.8, 4) is 0 Å². The molecule has 0 N–H and O–H groups in total. The van der Waals surface area contributed by atoms with E-state index in [4.69, 9.17) is 0 Å². The molecule has 0 saturated carbocycles. The Morgan fingerprint density at radius 2 is 0.913 bits per heavy atom. The van der Waals surface area contributed by atoms with Crippen LogP contribution in [0.2, 0.25) is 0 Å². The second-order valence-corrected chi connectivity index (χ2v) is 8.18. The first-order chi connectivity index (χ1) is 10.1. The van der Waals surface area contributed by atoms with Crippen molar-refractivity contribution in [1.29, 1.82) is 0 Å². The maximum absolute atomic E-state index is 2.60. The zero-order chi connectivity index (χ0) is 18.3. The molecular formula is C22H53N. The Labute approximate surface area is 151 Å². The van der Waals surface area contributed by atoms with Crippen LogP contribution in [0.5, 0.6) is 0 Å². The number of hydrogen-bond acceptors (Lipinski definition) is 1. The molecule has 0 radical (unpaired) electrons. The molecular weight excluding hydrogens is 278 g/mol. The van der Waals surface area contributed by atoms with Crippen molar-refractivity contribution in [2.45, 2.75) is 109 Å². The van der Waals surface area contributed by atoms with Crippen molar-refractivity contribution in [2.75, 3.05) is 13.1 Å². The van der Waals surface area contributed by atoms with Crippen molar-refractivity contribution in [2.24, 2.45) is 23.7 Å². The fourth-order valence-corrected chi connectivity index (χ4v) is 2.10. The van der Waals surface area contributed by atoms with E-state index in [1.165, 1.54) is 25.9 Å². The third-order valence-electron chi connectivity index (χ3n) is 3.25. The van der Waals surface area contributed by atoms with Crippen LogP contribution in [0.1, 0.15) is 103 Å². The van der Waals surface area contributed by atoms with Crippen LogP contribution in [0.4, 0.5) is 0 Å². The van der Waals surface area contributed by atoms with Gasteiger partial charge in [0.25, 0.3) is 0 Å².